The summed E-state index contributed by atoms with van der Waals surface area (Å²) in [5.41, 5.74) is 0.546. The number of carbonyl (C=O) groups is 1. The molecule has 1 N–H and O–H groups in total. The van der Waals surface area contributed by atoms with Gasteiger partial charge in [-0.15, -0.1) is 12.4 Å². The van der Waals surface area contributed by atoms with Crippen LogP contribution in [0.3, 0.4) is 0 Å². The van der Waals surface area contributed by atoms with Gasteiger partial charge in [-0.2, -0.15) is 0 Å². The van der Waals surface area contributed by atoms with Crippen LogP contribution in [0.25, 0.3) is 0 Å². The molecule has 20 heavy (non-hydrogen) atoms. The molecular formula is C15H22ClNO3. The first-order chi connectivity index (χ1) is 9.29. The van der Waals surface area contributed by atoms with Crippen LogP contribution < -0.4 is 10.1 Å². The summed E-state index contributed by atoms with van der Waals surface area (Å²) in [5.74, 6) is 1.05. The predicted octanol–water partition coefficient (Wildman–Crippen LogP) is 2.66. The second-order valence-corrected chi connectivity index (χ2v) is 4.75. The van der Waals surface area contributed by atoms with Crippen molar-refractivity contribution in [2.45, 2.75) is 19.8 Å². The normalized spacial score (nSPS) is 15.2. The van der Waals surface area contributed by atoms with Crippen LogP contribution in [0.1, 0.15) is 30.1 Å². The van der Waals surface area contributed by atoms with E-state index in [9.17, 15) is 4.79 Å². The molecule has 0 radical (unpaired) electrons. The van der Waals surface area contributed by atoms with E-state index < -0.39 is 0 Å². The standard InChI is InChI=1S/C15H21NO3.ClH/c1-2-18-15(17)13-4-3-5-14(10-13)19-11-12-6-8-16-9-7-12;/h3-5,10,12,16H,2,6-9,11H2,1H3;1H. The van der Waals surface area contributed by atoms with Crippen molar-refractivity contribution in [3.63, 3.8) is 0 Å². The molecule has 4 nitrogen and oxygen atoms in total. The number of nitrogens with one attached hydrogen (secondary N) is 1. The molecule has 2 rings (SSSR count). The van der Waals surface area contributed by atoms with Crippen LogP contribution in [0.2, 0.25) is 0 Å². The fourth-order valence-corrected chi connectivity index (χ4v) is 2.19. The Morgan fingerprint density at radius 2 is 2.10 bits per heavy atom. The van der Waals surface area contributed by atoms with E-state index in [0.717, 1.165) is 31.7 Å². The van der Waals surface area contributed by atoms with Crippen molar-refractivity contribution < 1.29 is 14.3 Å². The predicted molar refractivity (Wildman–Crippen MR) is 80.7 cm³/mol. The van der Waals surface area contributed by atoms with E-state index in [4.69, 9.17) is 9.47 Å². The van der Waals surface area contributed by atoms with Crippen molar-refractivity contribution in [3.05, 3.63) is 29.8 Å². The van der Waals surface area contributed by atoms with E-state index in [1.165, 1.54) is 0 Å². The van der Waals surface area contributed by atoms with Crippen LogP contribution in [-0.2, 0) is 4.74 Å². The third kappa shape index (κ3) is 5.02. The molecule has 5 heteroatoms. The maximum Gasteiger partial charge on any atom is 0.338 e. The highest BCUT2D eigenvalue weighted by atomic mass is 35.5. The highest BCUT2D eigenvalue weighted by Gasteiger charge is 2.14. The van der Waals surface area contributed by atoms with Crippen LogP contribution in [0.15, 0.2) is 24.3 Å². The molecule has 0 saturated carbocycles. The summed E-state index contributed by atoms with van der Waals surface area (Å²) < 4.78 is 10.8. The minimum absolute atomic E-state index is 0. The Morgan fingerprint density at radius 1 is 1.35 bits per heavy atom. The van der Waals surface area contributed by atoms with Crippen LogP contribution in [-0.4, -0.2) is 32.3 Å². The van der Waals surface area contributed by atoms with Gasteiger partial charge in [-0.25, -0.2) is 4.79 Å². The van der Waals surface area contributed by atoms with Gasteiger partial charge < -0.3 is 14.8 Å². The lowest BCUT2D eigenvalue weighted by Gasteiger charge is -2.22. The van der Waals surface area contributed by atoms with Gasteiger partial charge in [0.15, 0.2) is 0 Å². The summed E-state index contributed by atoms with van der Waals surface area (Å²) in [6.07, 6.45) is 2.30. The van der Waals surface area contributed by atoms with Crippen LogP contribution in [0.5, 0.6) is 5.75 Å². The minimum Gasteiger partial charge on any atom is -0.493 e. The molecule has 0 atom stereocenters. The van der Waals surface area contributed by atoms with E-state index in [1.807, 2.05) is 12.1 Å². The Hall–Kier alpha value is -1.26. The maximum absolute atomic E-state index is 11.6. The Bertz CT molecular complexity index is 419. The number of benzene rings is 1. The second-order valence-electron chi connectivity index (χ2n) is 4.75. The average Bonchev–Trinajstić information content (AvgIpc) is 2.47. The number of ether oxygens (including phenoxy) is 2. The van der Waals surface area contributed by atoms with Gasteiger partial charge in [0.05, 0.1) is 18.8 Å². The maximum atomic E-state index is 11.6. The van der Waals surface area contributed by atoms with Crippen LogP contribution in [0, 0.1) is 5.92 Å². The largest absolute Gasteiger partial charge is 0.493 e. The van der Waals surface area contributed by atoms with Crippen LogP contribution >= 0.6 is 12.4 Å². The Balaban J connectivity index is 0.00000200. The third-order valence-electron chi connectivity index (χ3n) is 3.29. The molecule has 0 amide bonds. The molecule has 1 aliphatic rings. The number of rotatable bonds is 5. The van der Waals surface area contributed by atoms with Crippen molar-refractivity contribution in [3.8, 4) is 5.75 Å². The lowest BCUT2D eigenvalue weighted by atomic mass is 9.99. The van der Waals surface area contributed by atoms with Crippen molar-refractivity contribution in [2.75, 3.05) is 26.3 Å². The minimum atomic E-state index is -0.296. The Labute approximate surface area is 126 Å². The molecule has 0 spiro atoms. The lowest BCUT2D eigenvalue weighted by Crippen LogP contribution is -2.30. The zero-order valence-electron chi connectivity index (χ0n) is 11.8. The molecule has 1 saturated heterocycles. The van der Waals surface area contributed by atoms with Crippen molar-refractivity contribution in [1.29, 1.82) is 0 Å². The number of esters is 1. The van der Waals surface area contributed by atoms with Crippen molar-refractivity contribution >= 4 is 18.4 Å². The monoisotopic (exact) mass is 299 g/mol. The number of hydrogen-bond acceptors (Lipinski definition) is 4. The van der Waals surface area contributed by atoms with Crippen molar-refractivity contribution in [2.24, 2.45) is 5.92 Å². The zero-order chi connectivity index (χ0) is 13.5. The average molecular weight is 300 g/mol. The number of halogens is 1. The second kappa shape index (κ2) is 8.82. The molecule has 0 aromatic heterocycles. The summed E-state index contributed by atoms with van der Waals surface area (Å²) >= 11 is 0. The van der Waals surface area contributed by atoms with Gasteiger partial charge in [-0.1, -0.05) is 6.07 Å². The SMILES string of the molecule is CCOC(=O)c1cccc(OCC2CCNCC2)c1.Cl. The molecule has 1 fully saturated rings. The fraction of sp³-hybridized carbons (Fsp3) is 0.533. The first-order valence-electron chi connectivity index (χ1n) is 6.90. The molecule has 1 aromatic carbocycles. The summed E-state index contributed by atoms with van der Waals surface area (Å²) in [6.45, 7) is 5.04. The van der Waals surface area contributed by atoms with Gasteiger partial charge >= 0.3 is 5.97 Å². The molecule has 0 aliphatic carbocycles. The molecule has 1 aliphatic heterocycles. The number of piperidine rings is 1. The Kier molecular flexibility index (Phi) is 7.41. The molecule has 0 bridgehead atoms. The molecular weight excluding hydrogens is 278 g/mol. The van der Waals surface area contributed by atoms with Gasteiger partial charge in [-0.05, 0) is 57.0 Å². The number of hydrogen-bond donors (Lipinski definition) is 1. The third-order valence-corrected chi connectivity index (χ3v) is 3.29. The van der Waals surface area contributed by atoms with E-state index in [-0.39, 0.29) is 18.4 Å². The van der Waals surface area contributed by atoms with Crippen LogP contribution in [0.4, 0.5) is 0 Å². The van der Waals surface area contributed by atoms with Gasteiger partial charge in [0.2, 0.25) is 0 Å². The van der Waals surface area contributed by atoms with E-state index in [2.05, 4.69) is 5.32 Å². The highest BCUT2D eigenvalue weighted by molar-refractivity contribution is 5.89. The van der Waals surface area contributed by atoms with Gasteiger partial charge in [0.25, 0.3) is 0 Å². The zero-order valence-corrected chi connectivity index (χ0v) is 12.6. The Morgan fingerprint density at radius 3 is 2.80 bits per heavy atom. The van der Waals surface area contributed by atoms with Crippen molar-refractivity contribution in [1.82, 2.24) is 5.32 Å². The van der Waals surface area contributed by atoms with E-state index in [1.54, 1.807) is 19.1 Å². The van der Waals surface area contributed by atoms with E-state index in [0.29, 0.717) is 24.7 Å². The quantitative estimate of drug-likeness (QED) is 0.849. The first-order valence-corrected chi connectivity index (χ1v) is 6.90. The topological polar surface area (TPSA) is 47.6 Å². The van der Waals surface area contributed by atoms with Gasteiger partial charge in [0, 0.05) is 0 Å². The molecule has 112 valence electrons. The highest BCUT2D eigenvalue weighted by Crippen LogP contribution is 2.18. The molecule has 1 heterocycles. The summed E-state index contributed by atoms with van der Waals surface area (Å²) in [5, 5.41) is 3.33. The summed E-state index contributed by atoms with van der Waals surface area (Å²) in [7, 11) is 0. The van der Waals surface area contributed by atoms with E-state index >= 15 is 0 Å². The number of carbonyl (C=O) groups excluding carboxylic acids is 1. The fourth-order valence-electron chi connectivity index (χ4n) is 2.19. The summed E-state index contributed by atoms with van der Waals surface area (Å²) in [6, 6.07) is 7.20. The first kappa shape index (κ1) is 16.8. The van der Waals surface area contributed by atoms with Gasteiger partial charge in [0.1, 0.15) is 5.75 Å². The van der Waals surface area contributed by atoms with Gasteiger partial charge in [-0.3, -0.25) is 0 Å². The molecule has 0 unspecified atom stereocenters. The smallest absolute Gasteiger partial charge is 0.338 e. The lowest BCUT2D eigenvalue weighted by molar-refractivity contribution is 0.0525. The molecule has 1 aromatic rings. The summed E-state index contributed by atoms with van der Waals surface area (Å²) in [4.78, 5) is 11.6.